The number of rotatable bonds is 8. The summed E-state index contributed by atoms with van der Waals surface area (Å²) in [7, 11) is 0. The number of nitrogens with two attached hydrogens (primary N) is 2. The number of aliphatic carboxylic acids is 1. The molecule has 0 spiro atoms. The predicted octanol–water partition coefficient (Wildman–Crippen LogP) is 2.63. The van der Waals surface area contributed by atoms with E-state index < -0.39 is 17.3 Å². The minimum Gasteiger partial charge on any atom is -0.479 e. The Morgan fingerprint density at radius 2 is 1.83 bits per heavy atom. The highest BCUT2D eigenvalue weighted by Crippen LogP contribution is 2.29. The van der Waals surface area contributed by atoms with Gasteiger partial charge < -0.3 is 21.9 Å². The number of hydrogen-bond acceptors (Lipinski definition) is 7. The van der Waals surface area contributed by atoms with Crippen LogP contribution in [0.3, 0.4) is 0 Å². The second kappa shape index (κ2) is 9.45. The van der Waals surface area contributed by atoms with Crippen LogP contribution >= 0.6 is 11.3 Å². The van der Waals surface area contributed by atoms with E-state index in [1.165, 1.54) is 23.0 Å². The van der Waals surface area contributed by atoms with Gasteiger partial charge in [-0.05, 0) is 34.0 Å². The molecular weight excluding hydrogens is 466 g/mol. The Kier molecular flexibility index (Phi) is 6.41. The molecule has 1 heterocycles. The van der Waals surface area contributed by atoms with E-state index in [4.69, 9.17) is 16.9 Å². The minimum atomic E-state index is -2.33. The lowest BCUT2D eigenvalue weighted by atomic mass is 9.84. The molecule has 0 fully saturated rings. The highest BCUT2D eigenvalue weighted by Gasteiger charge is 2.45. The molecule has 4 aromatic rings. The molecule has 10 heteroatoms. The Balaban J connectivity index is 1.62. The Labute approximate surface area is 203 Å². The number of ketones is 1. The number of nitrogen functional groups attached to an aromatic ring is 1. The molecule has 0 saturated carbocycles. The van der Waals surface area contributed by atoms with Crippen LogP contribution in [0.5, 0.6) is 0 Å². The van der Waals surface area contributed by atoms with Gasteiger partial charge in [0.05, 0.1) is 5.51 Å². The first-order valence-corrected chi connectivity index (χ1v) is 11.4. The molecule has 0 bridgehead atoms. The lowest BCUT2D eigenvalue weighted by Crippen LogP contribution is -2.52. The number of Topliss-reactive ketones (excluding diaryl/α,β-unsaturated/α-hetero) is 1. The van der Waals surface area contributed by atoms with E-state index in [9.17, 15) is 19.5 Å². The van der Waals surface area contributed by atoms with Gasteiger partial charge in [-0.3, -0.25) is 15.0 Å². The number of carbonyl (C=O) groups is 3. The molecule has 0 aliphatic rings. The fraction of sp³-hybridized carbons (Fsp3) is 0.0800. The Morgan fingerprint density at radius 3 is 2.46 bits per heavy atom. The average Bonchev–Trinajstić information content (AvgIpc) is 3.40. The van der Waals surface area contributed by atoms with Crippen molar-refractivity contribution in [1.29, 1.82) is 5.41 Å². The quantitative estimate of drug-likeness (QED) is 0.110. The number of amidine groups is 1. The average molecular weight is 488 g/mol. The number of fused-ring (bicyclic) bond motifs is 1. The topological polar surface area (TPSA) is 172 Å². The molecule has 7 N–H and O–H groups in total. The SMILES string of the molecule is N=C(N)c1ccc(CNC(=O)c2cccc3cc(C(N)(C(=O)O)C(=O)c4cscn4)ccc23)cc1. The van der Waals surface area contributed by atoms with Crippen LogP contribution in [0.25, 0.3) is 10.8 Å². The zero-order chi connectivity index (χ0) is 25.2. The van der Waals surface area contributed by atoms with E-state index in [0.29, 0.717) is 21.9 Å². The first-order chi connectivity index (χ1) is 16.7. The maximum atomic E-state index is 12.9. The Morgan fingerprint density at radius 1 is 1.09 bits per heavy atom. The third-order valence-corrected chi connectivity index (χ3v) is 6.25. The maximum absolute atomic E-state index is 12.9. The summed E-state index contributed by atoms with van der Waals surface area (Å²) < 4.78 is 0. The van der Waals surface area contributed by atoms with Crippen molar-refractivity contribution in [2.24, 2.45) is 11.5 Å². The van der Waals surface area contributed by atoms with Crippen molar-refractivity contribution >= 4 is 45.6 Å². The number of amides is 1. The predicted molar refractivity (Wildman–Crippen MR) is 133 cm³/mol. The fourth-order valence-corrected chi connectivity index (χ4v) is 4.22. The highest BCUT2D eigenvalue weighted by molar-refractivity contribution is 7.07. The lowest BCUT2D eigenvalue weighted by Gasteiger charge is -2.23. The van der Waals surface area contributed by atoms with Crippen LogP contribution in [0.4, 0.5) is 0 Å². The van der Waals surface area contributed by atoms with Crippen LogP contribution in [0.1, 0.15) is 37.5 Å². The van der Waals surface area contributed by atoms with E-state index in [-0.39, 0.29) is 29.5 Å². The van der Waals surface area contributed by atoms with Crippen molar-refractivity contribution in [3.05, 3.63) is 99.5 Å². The van der Waals surface area contributed by atoms with Crippen molar-refractivity contribution in [3.8, 4) is 0 Å². The molecule has 0 saturated heterocycles. The van der Waals surface area contributed by atoms with Gasteiger partial charge in [0.25, 0.3) is 5.91 Å². The zero-order valence-electron chi connectivity index (χ0n) is 18.3. The van der Waals surface area contributed by atoms with Gasteiger partial charge in [-0.15, -0.1) is 11.3 Å². The van der Waals surface area contributed by atoms with Crippen LogP contribution < -0.4 is 16.8 Å². The summed E-state index contributed by atoms with van der Waals surface area (Å²) in [4.78, 5) is 41.8. The van der Waals surface area contributed by atoms with Crippen LogP contribution in [0.15, 0.2) is 71.6 Å². The first kappa shape index (κ1) is 23.7. The van der Waals surface area contributed by atoms with Crippen LogP contribution in [-0.4, -0.2) is 33.6 Å². The van der Waals surface area contributed by atoms with Crippen molar-refractivity contribution in [2.75, 3.05) is 0 Å². The van der Waals surface area contributed by atoms with Crippen molar-refractivity contribution in [3.63, 3.8) is 0 Å². The molecule has 0 aliphatic heterocycles. The molecule has 9 nitrogen and oxygen atoms in total. The van der Waals surface area contributed by atoms with Crippen LogP contribution in [0.2, 0.25) is 0 Å². The molecule has 0 aliphatic carbocycles. The van der Waals surface area contributed by atoms with Crippen molar-refractivity contribution in [1.82, 2.24) is 10.3 Å². The van der Waals surface area contributed by atoms with E-state index in [0.717, 1.165) is 16.9 Å². The summed E-state index contributed by atoms with van der Waals surface area (Å²) in [6.07, 6.45) is 0. The van der Waals surface area contributed by atoms with Gasteiger partial charge in [-0.2, -0.15) is 0 Å². The van der Waals surface area contributed by atoms with Gasteiger partial charge in [-0.1, -0.05) is 48.5 Å². The number of carboxylic acids is 1. The number of carboxylic acid groups (broad SMARTS) is 1. The molecule has 4 rings (SSSR count). The monoisotopic (exact) mass is 487 g/mol. The third kappa shape index (κ3) is 4.52. The largest absolute Gasteiger partial charge is 0.479 e. The summed E-state index contributed by atoms with van der Waals surface area (Å²) in [6, 6.07) is 16.5. The second-order valence-electron chi connectivity index (χ2n) is 7.85. The van der Waals surface area contributed by atoms with Gasteiger partial charge in [0.2, 0.25) is 11.3 Å². The molecule has 35 heavy (non-hydrogen) atoms. The summed E-state index contributed by atoms with van der Waals surface area (Å²) in [6.45, 7) is 0.262. The lowest BCUT2D eigenvalue weighted by molar-refractivity contribution is -0.141. The normalized spacial score (nSPS) is 12.6. The molecule has 1 aromatic heterocycles. The van der Waals surface area contributed by atoms with Crippen molar-refractivity contribution in [2.45, 2.75) is 12.1 Å². The minimum absolute atomic E-state index is 0.0236. The number of thiazole rings is 1. The maximum Gasteiger partial charge on any atom is 0.336 e. The summed E-state index contributed by atoms with van der Waals surface area (Å²) in [5.74, 6) is -2.68. The number of benzene rings is 3. The highest BCUT2D eigenvalue weighted by atomic mass is 32.1. The van der Waals surface area contributed by atoms with Crippen molar-refractivity contribution < 1.29 is 19.5 Å². The van der Waals surface area contributed by atoms with Crippen LogP contribution in [0, 0.1) is 5.41 Å². The van der Waals surface area contributed by atoms with Gasteiger partial charge in [0.1, 0.15) is 11.5 Å². The Bertz CT molecular complexity index is 1450. The molecular formula is C25H21N5O4S. The second-order valence-corrected chi connectivity index (χ2v) is 8.57. The van der Waals surface area contributed by atoms with E-state index >= 15 is 0 Å². The van der Waals surface area contributed by atoms with E-state index in [2.05, 4.69) is 10.3 Å². The number of hydrogen-bond donors (Lipinski definition) is 5. The van der Waals surface area contributed by atoms with Gasteiger partial charge >= 0.3 is 5.97 Å². The zero-order valence-corrected chi connectivity index (χ0v) is 19.1. The van der Waals surface area contributed by atoms with Gasteiger partial charge in [0.15, 0.2) is 0 Å². The molecule has 176 valence electrons. The van der Waals surface area contributed by atoms with Gasteiger partial charge in [-0.25, -0.2) is 9.78 Å². The van der Waals surface area contributed by atoms with Crippen LogP contribution in [-0.2, 0) is 16.9 Å². The Hall–Kier alpha value is -4.41. The molecule has 1 unspecified atom stereocenters. The molecule has 1 atom stereocenters. The summed E-state index contributed by atoms with van der Waals surface area (Å²) >= 11 is 1.16. The smallest absolute Gasteiger partial charge is 0.336 e. The molecule has 3 aromatic carbocycles. The third-order valence-electron chi connectivity index (χ3n) is 5.66. The number of nitrogens with one attached hydrogen (secondary N) is 2. The number of nitrogens with zero attached hydrogens (tertiary/aromatic N) is 1. The first-order valence-electron chi connectivity index (χ1n) is 10.4. The number of carbonyl (C=O) groups excluding carboxylic acids is 2. The molecule has 0 radical (unpaired) electrons. The summed E-state index contributed by atoms with van der Waals surface area (Å²) in [5, 5.41) is 22.7. The van der Waals surface area contributed by atoms with E-state index in [1.807, 2.05) is 0 Å². The standard InChI is InChI=1S/C25H21N5O4S/c26-22(27)15-6-4-14(5-7-15)11-29-23(32)19-3-1-2-16-10-17(8-9-18(16)19)25(28,24(33)34)21(31)20-12-35-13-30-20/h1-10,12-13H,11,28H2,(H3,26,27)(H,29,32)(H,33,34). The van der Waals surface area contributed by atoms with E-state index in [1.54, 1.807) is 48.5 Å². The summed E-state index contributed by atoms with van der Waals surface area (Å²) in [5.41, 5.74) is 12.6. The fourth-order valence-electron chi connectivity index (χ4n) is 3.69. The molecule has 1 amide bonds. The number of aromatic nitrogens is 1. The van der Waals surface area contributed by atoms with Gasteiger partial charge in [0, 0.05) is 23.1 Å².